The minimum Gasteiger partial charge on any atom is -0.467 e. The van der Waals surface area contributed by atoms with Crippen LogP contribution in [0, 0.1) is 19.8 Å². The Morgan fingerprint density at radius 3 is 2.53 bits per heavy atom. The van der Waals surface area contributed by atoms with Crippen LogP contribution in [0.1, 0.15) is 37.5 Å². The molecule has 19 heavy (non-hydrogen) atoms. The van der Waals surface area contributed by atoms with E-state index < -0.39 is 5.54 Å². The lowest BCUT2D eigenvalue weighted by molar-refractivity contribution is -0.148. The normalized spacial score (nSPS) is 14.3. The molecule has 1 rings (SSSR count). The van der Waals surface area contributed by atoms with Crippen LogP contribution in [-0.2, 0) is 15.1 Å². The van der Waals surface area contributed by atoms with Gasteiger partial charge in [-0.05, 0) is 44.4 Å². The molecular formula is C16H25NO2. The predicted octanol–water partition coefficient (Wildman–Crippen LogP) is 2.94. The predicted molar refractivity (Wildman–Crippen MR) is 78.1 cm³/mol. The average molecular weight is 263 g/mol. The van der Waals surface area contributed by atoms with E-state index in [0.717, 1.165) is 23.2 Å². The molecule has 0 saturated carbocycles. The van der Waals surface area contributed by atoms with Gasteiger partial charge in [0.1, 0.15) is 5.54 Å². The third-order valence-corrected chi connectivity index (χ3v) is 3.39. The van der Waals surface area contributed by atoms with Gasteiger partial charge in [0.25, 0.3) is 0 Å². The SMILES string of the molecule is COC(=O)C(C)(NCC(C)C)c1cc(C)ccc1C. The van der Waals surface area contributed by atoms with Crippen LogP contribution in [0.3, 0.4) is 0 Å². The zero-order chi connectivity index (χ0) is 14.6. The van der Waals surface area contributed by atoms with E-state index in [1.54, 1.807) is 0 Å². The fraction of sp³-hybridized carbons (Fsp3) is 0.562. The maximum Gasteiger partial charge on any atom is 0.330 e. The maximum absolute atomic E-state index is 12.2. The Balaban J connectivity index is 3.22. The minimum atomic E-state index is -0.797. The van der Waals surface area contributed by atoms with Gasteiger partial charge in [0.2, 0.25) is 0 Å². The summed E-state index contributed by atoms with van der Waals surface area (Å²) in [6.45, 7) is 10.9. The Kier molecular flexibility index (Phi) is 5.12. The smallest absolute Gasteiger partial charge is 0.330 e. The van der Waals surface area contributed by atoms with Gasteiger partial charge < -0.3 is 4.74 Å². The fourth-order valence-electron chi connectivity index (χ4n) is 2.16. The van der Waals surface area contributed by atoms with E-state index in [4.69, 9.17) is 4.74 Å². The van der Waals surface area contributed by atoms with Crippen LogP contribution in [0.5, 0.6) is 0 Å². The number of rotatable bonds is 5. The van der Waals surface area contributed by atoms with Crippen LogP contribution in [0.2, 0.25) is 0 Å². The molecule has 106 valence electrons. The first-order chi connectivity index (χ1) is 8.81. The molecule has 0 amide bonds. The number of aryl methyl sites for hydroxylation is 2. The Morgan fingerprint density at radius 1 is 1.37 bits per heavy atom. The second kappa shape index (κ2) is 6.20. The van der Waals surface area contributed by atoms with Crippen molar-refractivity contribution in [1.82, 2.24) is 5.32 Å². The number of hydrogen-bond acceptors (Lipinski definition) is 3. The highest BCUT2D eigenvalue weighted by molar-refractivity contribution is 5.82. The summed E-state index contributed by atoms with van der Waals surface area (Å²) in [6, 6.07) is 6.15. The Morgan fingerprint density at radius 2 is 2.00 bits per heavy atom. The number of carbonyl (C=O) groups is 1. The first-order valence-electron chi connectivity index (χ1n) is 6.72. The summed E-state index contributed by atoms with van der Waals surface area (Å²) in [5, 5.41) is 3.36. The van der Waals surface area contributed by atoms with Gasteiger partial charge in [-0.25, -0.2) is 4.79 Å². The molecule has 0 aliphatic heterocycles. The molecule has 1 aromatic carbocycles. The van der Waals surface area contributed by atoms with Crippen LogP contribution >= 0.6 is 0 Å². The van der Waals surface area contributed by atoms with Gasteiger partial charge in [-0.3, -0.25) is 5.32 Å². The van der Waals surface area contributed by atoms with Gasteiger partial charge >= 0.3 is 5.97 Å². The standard InChI is InChI=1S/C16H25NO2/c1-11(2)10-17-16(5,15(18)19-6)14-9-12(3)7-8-13(14)4/h7-9,11,17H,10H2,1-6H3. The van der Waals surface area contributed by atoms with Crippen molar-refractivity contribution in [1.29, 1.82) is 0 Å². The highest BCUT2D eigenvalue weighted by Gasteiger charge is 2.37. The van der Waals surface area contributed by atoms with E-state index in [9.17, 15) is 4.79 Å². The molecule has 1 N–H and O–H groups in total. The van der Waals surface area contributed by atoms with Crippen molar-refractivity contribution in [3.8, 4) is 0 Å². The summed E-state index contributed by atoms with van der Waals surface area (Å²) in [4.78, 5) is 12.2. The number of hydrogen-bond donors (Lipinski definition) is 1. The molecule has 3 heteroatoms. The molecule has 0 aliphatic rings. The van der Waals surface area contributed by atoms with Crippen molar-refractivity contribution in [2.45, 2.75) is 40.2 Å². The topological polar surface area (TPSA) is 38.3 Å². The van der Waals surface area contributed by atoms with E-state index in [0.29, 0.717) is 5.92 Å². The van der Waals surface area contributed by atoms with Crippen LogP contribution < -0.4 is 5.32 Å². The zero-order valence-corrected chi connectivity index (χ0v) is 12.8. The van der Waals surface area contributed by atoms with E-state index in [2.05, 4.69) is 31.3 Å². The molecule has 1 aromatic rings. The van der Waals surface area contributed by atoms with Crippen molar-refractivity contribution in [2.24, 2.45) is 5.92 Å². The summed E-state index contributed by atoms with van der Waals surface area (Å²) < 4.78 is 5.00. The highest BCUT2D eigenvalue weighted by Crippen LogP contribution is 2.27. The monoisotopic (exact) mass is 263 g/mol. The van der Waals surface area contributed by atoms with Gasteiger partial charge in [-0.1, -0.05) is 37.6 Å². The van der Waals surface area contributed by atoms with Crippen LogP contribution in [0.4, 0.5) is 0 Å². The van der Waals surface area contributed by atoms with Crippen molar-refractivity contribution >= 4 is 5.97 Å². The van der Waals surface area contributed by atoms with Gasteiger partial charge in [0, 0.05) is 0 Å². The largest absolute Gasteiger partial charge is 0.467 e. The van der Waals surface area contributed by atoms with Crippen LogP contribution in [-0.4, -0.2) is 19.6 Å². The van der Waals surface area contributed by atoms with Crippen molar-refractivity contribution in [2.75, 3.05) is 13.7 Å². The van der Waals surface area contributed by atoms with Gasteiger partial charge in [0.05, 0.1) is 7.11 Å². The molecule has 0 fully saturated rings. The Bertz CT molecular complexity index is 454. The van der Waals surface area contributed by atoms with Crippen LogP contribution in [0.15, 0.2) is 18.2 Å². The molecule has 0 heterocycles. The molecule has 0 radical (unpaired) electrons. The highest BCUT2D eigenvalue weighted by atomic mass is 16.5. The second-order valence-corrected chi connectivity index (χ2v) is 5.71. The van der Waals surface area contributed by atoms with Crippen molar-refractivity contribution in [3.05, 3.63) is 34.9 Å². The third-order valence-electron chi connectivity index (χ3n) is 3.39. The van der Waals surface area contributed by atoms with E-state index in [1.165, 1.54) is 7.11 Å². The number of esters is 1. The number of carbonyl (C=O) groups excluding carboxylic acids is 1. The Hall–Kier alpha value is -1.35. The number of ether oxygens (including phenoxy) is 1. The first-order valence-corrected chi connectivity index (χ1v) is 6.72. The maximum atomic E-state index is 12.2. The second-order valence-electron chi connectivity index (χ2n) is 5.71. The molecule has 0 aromatic heterocycles. The number of methoxy groups -OCH3 is 1. The number of nitrogens with one attached hydrogen (secondary N) is 1. The van der Waals surface area contributed by atoms with Gasteiger partial charge in [-0.2, -0.15) is 0 Å². The molecule has 1 atom stereocenters. The van der Waals surface area contributed by atoms with Crippen LogP contribution in [0.25, 0.3) is 0 Å². The van der Waals surface area contributed by atoms with E-state index >= 15 is 0 Å². The molecule has 0 bridgehead atoms. The lowest BCUT2D eigenvalue weighted by atomic mass is 9.87. The summed E-state index contributed by atoms with van der Waals surface area (Å²) in [6.07, 6.45) is 0. The average Bonchev–Trinajstić information content (AvgIpc) is 2.37. The lowest BCUT2D eigenvalue weighted by Crippen LogP contribution is -2.49. The molecular weight excluding hydrogens is 238 g/mol. The molecule has 0 spiro atoms. The first kappa shape index (κ1) is 15.7. The molecule has 1 unspecified atom stereocenters. The lowest BCUT2D eigenvalue weighted by Gasteiger charge is -2.31. The minimum absolute atomic E-state index is 0.248. The summed E-state index contributed by atoms with van der Waals surface area (Å²) in [7, 11) is 1.43. The van der Waals surface area contributed by atoms with Crippen molar-refractivity contribution < 1.29 is 9.53 Å². The Labute approximate surface area is 116 Å². The third kappa shape index (κ3) is 3.57. The van der Waals surface area contributed by atoms with E-state index in [-0.39, 0.29) is 5.97 Å². The fourth-order valence-corrected chi connectivity index (χ4v) is 2.16. The molecule has 3 nitrogen and oxygen atoms in total. The van der Waals surface area contributed by atoms with Crippen molar-refractivity contribution in [3.63, 3.8) is 0 Å². The quantitative estimate of drug-likeness (QED) is 0.830. The number of benzene rings is 1. The van der Waals surface area contributed by atoms with Gasteiger partial charge in [0.15, 0.2) is 0 Å². The molecule has 0 aliphatic carbocycles. The zero-order valence-electron chi connectivity index (χ0n) is 12.8. The summed E-state index contributed by atoms with van der Waals surface area (Å²) in [5.41, 5.74) is 2.42. The summed E-state index contributed by atoms with van der Waals surface area (Å²) in [5.74, 6) is 0.218. The van der Waals surface area contributed by atoms with E-state index in [1.807, 2.05) is 26.8 Å². The van der Waals surface area contributed by atoms with Gasteiger partial charge in [-0.15, -0.1) is 0 Å². The summed E-state index contributed by atoms with van der Waals surface area (Å²) >= 11 is 0. The molecule has 0 saturated heterocycles.